The monoisotopic (exact) mass is 804 g/mol. The van der Waals surface area contributed by atoms with Crippen molar-refractivity contribution in [2.75, 3.05) is 20.4 Å². The molecule has 0 fully saturated rings. The van der Waals surface area contributed by atoms with Gasteiger partial charge in [-0.2, -0.15) is 0 Å². The van der Waals surface area contributed by atoms with Crippen LogP contribution in [0.5, 0.6) is 46.0 Å². The van der Waals surface area contributed by atoms with E-state index < -0.39 is 0 Å². The molecular formula is C51H64O8. The maximum Gasteiger partial charge on any atom is 0.230 e. The Labute approximate surface area is 351 Å². The molecule has 2 N–H and O–H groups in total. The van der Waals surface area contributed by atoms with Gasteiger partial charge in [-0.3, -0.25) is 0 Å². The molecular weight excluding hydrogens is 741 g/mol. The molecule has 4 atom stereocenters. The van der Waals surface area contributed by atoms with Gasteiger partial charge in [0.15, 0.2) is 0 Å². The molecule has 8 nitrogen and oxygen atoms in total. The summed E-state index contributed by atoms with van der Waals surface area (Å²) in [5.41, 5.74) is 8.21. The van der Waals surface area contributed by atoms with Crippen LogP contribution in [0.1, 0.15) is 199 Å². The summed E-state index contributed by atoms with van der Waals surface area (Å²) in [6.07, 6.45) is 16.3. The van der Waals surface area contributed by atoms with Gasteiger partial charge in [-0.1, -0.05) is 105 Å². The van der Waals surface area contributed by atoms with Crippen molar-refractivity contribution in [3.63, 3.8) is 0 Å². The summed E-state index contributed by atoms with van der Waals surface area (Å²) in [5.74, 6) is 4.22. The predicted octanol–water partition coefficient (Wildman–Crippen LogP) is 13.4. The van der Waals surface area contributed by atoms with Gasteiger partial charge in [-0.05, 0) is 49.9 Å². The molecule has 1 aliphatic carbocycles. The summed E-state index contributed by atoms with van der Waals surface area (Å²) >= 11 is 0. The van der Waals surface area contributed by atoms with E-state index in [-0.39, 0.29) is 55.5 Å². The number of ether oxygens (including phenoxy) is 6. The number of hydrogen-bond acceptors (Lipinski definition) is 8. The van der Waals surface area contributed by atoms with Crippen LogP contribution in [0.15, 0.2) is 48.5 Å². The number of phenolic OH excluding ortho intramolecular Hbond substituents is 2. The van der Waals surface area contributed by atoms with Gasteiger partial charge in [0.25, 0.3) is 0 Å². The topological polar surface area (TPSA) is 95.8 Å². The van der Waals surface area contributed by atoms with Crippen molar-refractivity contribution < 1.29 is 38.6 Å². The second-order valence-corrected chi connectivity index (χ2v) is 17.2. The van der Waals surface area contributed by atoms with Gasteiger partial charge in [-0.25, -0.2) is 0 Å². The van der Waals surface area contributed by atoms with E-state index in [2.05, 4.69) is 64.1 Å². The van der Waals surface area contributed by atoms with Crippen molar-refractivity contribution in [2.24, 2.45) is 0 Å². The van der Waals surface area contributed by atoms with Crippen LogP contribution in [-0.2, 0) is 0 Å². The molecule has 59 heavy (non-hydrogen) atoms. The summed E-state index contributed by atoms with van der Waals surface area (Å²) < 4.78 is 38.8. The molecule has 3 heterocycles. The van der Waals surface area contributed by atoms with Gasteiger partial charge in [-0.15, -0.1) is 0 Å². The number of phenols is 2. The molecule has 0 radical (unpaired) electrons. The van der Waals surface area contributed by atoms with Crippen LogP contribution in [0.25, 0.3) is 0 Å². The van der Waals surface area contributed by atoms with E-state index in [0.717, 1.165) is 170 Å². The molecule has 2 unspecified atom stereocenters. The Kier molecular flexibility index (Phi) is 13.0. The molecule has 0 saturated heterocycles. The van der Waals surface area contributed by atoms with E-state index in [9.17, 15) is 10.2 Å². The minimum Gasteiger partial charge on any atom is -0.508 e. The minimum absolute atomic E-state index is 0.00435. The average Bonchev–Trinajstić information content (AvgIpc) is 3.21. The fourth-order valence-electron chi connectivity index (χ4n) is 10.1. The molecule has 0 amide bonds. The van der Waals surface area contributed by atoms with Gasteiger partial charge < -0.3 is 38.6 Å². The van der Waals surface area contributed by atoms with Crippen LogP contribution in [0.4, 0.5) is 0 Å². The van der Waals surface area contributed by atoms with E-state index >= 15 is 0 Å². The Bertz CT molecular complexity index is 1950. The first-order valence-corrected chi connectivity index (χ1v) is 22.8. The molecule has 8 bridgehead atoms. The third-order valence-electron chi connectivity index (χ3n) is 13.3. The quantitative estimate of drug-likeness (QED) is 0.108. The smallest absolute Gasteiger partial charge is 0.230 e. The number of fused-ring (bicyclic) bond motifs is 2. The van der Waals surface area contributed by atoms with E-state index in [1.54, 1.807) is 12.1 Å². The van der Waals surface area contributed by atoms with Gasteiger partial charge in [0, 0.05) is 92.4 Å². The van der Waals surface area contributed by atoms with Gasteiger partial charge >= 0.3 is 0 Å². The standard InChI is InChI=1S/C51H64O8/c1-5-9-13-17-32-36-21-38-33(18-14-10-6-2)40-23-42-35(20-16-12-8-4)43-24-41-34(19-15-11-7-3)39-22-37(32)45(53)26-47(39)55-30-57-49(41)28-51(43)59-31-58-50(42)27-48(40)56-29-54-46(38)25-44(36)52/h21-28,32-35,52-53H,5-20,29-31H2,1-4H3/t32?,33-,34+,35?. The number of hydrogen-bond donors (Lipinski definition) is 2. The first-order chi connectivity index (χ1) is 28.9. The molecule has 0 aromatic heterocycles. The normalized spacial score (nSPS) is 19.7. The highest BCUT2D eigenvalue weighted by atomic mass is 16.7. The summed E-state index contributed by atoms with van der Waals surface area (Å²) in [4.78, 5) is 0. The maximum absolute atomic E-state index is 12.1. The zero-order valence-corrected chi connectivity index (χ0v) is 35.7. The summed E-state index contributed by atoms with van der Waals surface area (Å²) in [6.45, 7) is 8.98. The third kappa shape index (κ3) is 8.38. The van der Waals surface area contributed by atoms with Gasteiger partial charge in [0.2, 0.25) is 20.4 Å². The maximum atomic E-state index is 12.1. The zero-order valence-electron chi connectivity index (χ0n) is 35.7. The molecule has 8 heteroatoms. The lowest BCUT2D eigenvalue weighted by Gasteiger charge is -2.34. The lowest BCUT2D eigenvalue weighted by atomic mass is 9.76. The minimum atomic E-state index is -0.272. The second kappa shape index (κ2) is 18.7. The van der Waals surface area contributed by atoms with E-state index in [4.69, 9.17) is 28.4 Å². The van der Waals surface area contributed by atoms with E-state index in [0.29, 0.717) is 11.5 Å². The first kappa shape index (κ1) is 41.0. The molecule has 8 rings (SSSR count). The van der Waals surface area contributed by atoms with Crippen LogP contribution in [0, 0.1) is 0 Å². The fourth-order valence-corrected chi connectivity index (χ4v) is 10.1. The first-order valence-electron chi connectivity index (χ1n) is 22.8. The SMILES string of the molecule is CCCCCC1c2cc3c(cc2O)OCOc2cc4c(cc2[C@@H]3CCCCC)C(CCCCC)c2cc3c(cc2OCO4)OCOc2cc(O)c1cc2[C@@H]3CCCCC. The molecule has 316 valence electrons. The van der Waals surface area contributed by atoms with E-state index in [1.807, 2.05) is 0 Å². The van der Waals surface area contributed by atoms with Gasteiger partial charge in [0.1, 0.15) is 46.0 Å². The van der Waals surface area contributed by atoms with Crippen molar-refractivity contribution in [3.8, 4) is 46.0 Å². The Morgan fingerprint density at radius 1 is 0.339 bits per heavy atom. The molecule has 3 aliphatic heterocycles. The highest BCUT2D eigenvalue weighted by molar-refractivity contribution is 5.63. The van der Waals surface area contributed by atoms with Crippen LogP contribution >= 0.6 is 0 Å². The van der Waals surface area contributed by atoms with E-state index in [1.165, 1.54) is 0 Å². The van der Waals surface area contributed by atoms with Gasteiger partial charge in [0.05, 0.1) is 0 Å². The fraction of sp³-hybridized carbons (Fsp3) is 0.529. The molecule has 0 spiro atoms. The van der Waals surface area contributed by atoms with Crippen molar-refractivity contribution in [3.05, 3.63) is 93.0 Å². The van der Waals surface area contributed by atoms with Crippen LogP contribution < -0.4 is 28.4 Å². The molecule has 4 aliphatic rings. The van der Waals surface area contributed by atoms with Crippen molar-refractivity contribution >= 4 is 0 Å². The Morgan fingerprint density at radius 3 is 0.847 bits per heavy atom. The van der Waals surface area contributed by atoms with Crippen LogP contribution in [0.3, 0.4) is 0 Å². The summed E-state index contributed by atoms with van der Waals surface area (Å²) in [5, 5.41) is 24.1. The van der Waals surface area contributed by atoms with Crippen molar-refractivity contribution in [1.82, 2.24) is 0 Å². The Balaban J connectivity index is 1.46. The van der Waals surface area contributed by atoms with Crippen molar-refractivity contribution in [2.45, 2.75) is 154 Å². The highest BCUT2D eigenvalue weighted by Gasteiger charge is 2.36. The van der Waals surface area contributed by atoms with Crippen molar-refractivity contribution in [1.29, 1.82) is 0 Å². The molecule has 4 aromatic carbocycles. The zero-order chi connectivity index (χ0) is 40.9. The highest BCUT2D eigenvalue weighted by Crippen LogP contribution is 2.54. The average molecular weight is 805 g/mol. The molecule has 0 saturated carbocycles. The number of aromatic hydroxyl groups is 2. The van der Waals surface area contributed by atoms with Crippen LogP contribution in [-0.4, -0.2) is 30.6 Å². The lowest BCUT2D eigenvalue weighted by Crippen LogP contribution is -2.21. The lowest BCUT2D eigenvalue weighted by molar-refractivity contribution is 0.103. The Hall–Kier alpha value is -4.72. The summed E-state index contributed by atoms with van der Waals surface area (Å²) in [6, 6.07) is 16.9. The number of unbranched alkanes of at least 4 members (excludes halogenated alkanes) is 8. The largest absolute Gasteiger partial charge is 0.508 e. The summed E-state index contributed by atoms with van der Waals surface area (Å²) in [7, 11) is 0. The number of benzene rings is 4. The second-order valence-electron chi connectivity index (χ2n) is 17.2. The van der Waals surface area contributed by atoms with Crippen LogP contribution in [0.2, 0.25) is 0 Å². The Morgan fingerprint density at radius 2 is 0.576 bits per heavy atom. The third-order valence-corrected chi connectivity index (χ3v) is 13.3. The molecule has 4 aromatic rings. The predicted molar refractivity (Wildman–Crippen MR) is 231 cm³/mol. The number of rotatable bonds is 16.